The van der Waals surface area contributed by atoms with Crippen LogP contribution in [0.1, 0.15) is 40.7 Å². The van der Waals surface area contributed by atoms with E-state index < -0.39 is 12.2 Å². The van der Waals surface area contributed by atoms with Gasteiger partial charge in [-0.3, -0.25) is 0 Å². The number of hydrogen-bond donors (Lipinski definition) is 1. The van der Waals surface area contributed by atoms with Gasteiger partial charge in [-0.2, -0.15) is 0 Å². The van der Waals surface area contributed by atoms with Crippen LogP contribution in [0, 0.1) is 0 Å². The molecule has 1 aliphatic carbocycles. The van der Waals surface area contributed by atoms with E-state index in [1.807, 2.05) is 12.1 Å². The number of fused-ring (bicyclic) bond motifs is 2. The first-order valence-electron chi connectivity index (χ1n) is 8.47. The first-order chi connectivity index (χ1) is 12.2. The quantitative estimate of drug-likeness (QED) is 0.725. The molecule has 4 nitrogen and oxygen atoms in total. The Bertz CT molecular complexity index is 870. The fourth-order valence-corrected chi connectivity index (χ4v) is 4.28. The predicted octanol–water partition coefficient (Wildman–Crippen LogP) is 4.56. The lowest BCUT2D eigenvalue weighted by atomic mass is 10.0. The van der Waals surface area contributed by atoms with E-state index in [4.69, 9.17) is 4.98 Å². The maximum atomic E-state index is 13.0. The van der Waals surface area contributed by atoms with Gasteiger partial charge in [-0.1, -0.05) is 12.1 Å². The zero-order valence-corrected chi connectivity index (χ0v) is 14.5. The normalized spacial score (nSPS) is 14.0. The molecule has 2 heterocycles. The van der Waals surface area contributed by atoms with Gasteiger partial charge < -0.3 is 5.32 Å². The van der Waals surface area contributed by atoms with Gasteiger partial charge in [0.05, 0.1) is 16.2 Å². The van der Waals surface area contributed by atoms with Crippen LogP contribution < -0.4 is 5.32 Å². The minimum Gasteiger partial charge on any atom is -0.369 e. The van der Waals surface area contributed by atoms with E-state index >= 15 is 0 Å². The van der Waals surface area contributed by atoms with Crippen molar-refractivity contribution in [1.29, 1.82) is 0 Å². The highest BCUT2D eigenvalue weighted by molar-refractivity contribution is 7.11. The van der Waals surface area contributed by atoms with Crippen molar-refractivity contribution in [1.82, 2.24) is 15.0 Å². The van der Waals surface area contributed by atoms with E-state index in [0.717, 1.165) is 29.7 Å². The summed E-state index contributed by atoms with van der Waals surface area (Å²) >= 11 is 1.78. The number of nitrogens with zero attached hydrogens (tertiary/aromatic N) is 3. The Kier molecular flexibility index (Phi) is 4.57. The first kappa shape index (κ1) is 16.3. The maximum Gasteiger partial charge on any atom is 0.297 e. The molecule has 130 valence electrons. The SMILES string of the molecule is FC(F)c1nc(NCCc2nc3c(s2)CCCC3)c2ccccc2n1. The topological polar surface area (TPSA) is 50.7 Å². The molecule has 0 spiro atoms. The molecule has 1 N–H and O–H groups in total. The number of thiazole rings is 1. The summed E-state index contributed by atoms with van der Waals surface area (Å²) in [5.41, 5.74) is 1.78. The molecular weight excluding hydrogens is 342 g/mol. The molecule has 0 saturated heterocycles. The third-order valence-corrected chi connectivity index (χ3v) is 5.55. The Morgan fingerprint density at radius 3 is 2.76 bits per heavy atom. The van der Waals surface area contributed by atoms with Gasteiger partial charge in [0.25, 0.3) is 6.43 Å². The van der Waals surface area contributed by atoms with Crippen LogP contribution in [-0.4, -0.2) is 21.5 Å². The number of alkyl halides is 2. The summed E-state index contributed by atoms with van der Waals surface area (Å²) in [7, 11) is 0. The summed E-state index contributed by atoms with van der Waals surface area (Å²) in [6.07, 6.45) is 2.76. The van der Waals surface area contributed by atoms with Crippen molar-refractivity contribution in [2.45, 2.75) is 38.5 Å². The standard InChI is InChI=1S/C18H18F2N4S/c19-16(20)18-23-12-6-2-1-5-11(12)17(24-18)21-10-9-15-22-13-7-3-4-8-14(13)25-15/h1-2,5-6,16H,3-4,7-10H2,(H,21,23,24). The Morgan fingerprint density at radius 2 is 1.92 bits per heavy atom. The van der Waals surface area contributed by atoms with E-state index in [1.165, 1.54) is 23.4 Å². The third kappa shape index (κ3) is 3.46. The van der Waals surface area contributed by atoms with Gasteiger partial charge in [0, 0.05) is 23.2 Å². The molecule has 0 atom stereocenters. The molecule has 1 aromatic carbocycles. The average molecular weight is 360 g/mol. The monoisotopic (exact) mass is 360 g/mol. The second kappa shape index (κ2) is 7.00. The van der Waals surface area contributed by atoms with Crippen LogP contribution in [0.2, 0.25) is 0 Å². The zero-order valence-electron chi connectivity index (χ0n) is 13.6. The van der Waals surface area contributed by atoms with Crippen LogP contribution in [0.15, 0.2) is 24.3 Å². The van der Waals surface area contributed by atoms with Crippen LogP contribution in [0.4, 0.5) is 14.6 Å². The number of rotatable bonds is 5. The van der Waals surface area contributed by atoms with Crippen molar-refractivity contribution >= 4 is 28.1 Å². The minimum absolute atomic E-state index is 0.439. The Morgan fingerprint density at radius 1 is 1.08 bits per heavy atom. The Balaban J connectivity index is 1.51. The second-order valence-electron chi connectivity index (χ2n) is 6.11. The van der Waals surface area contributed by atoms with Crippen LogP contribution in [-0.2, 0) is 19.3 Å². The van der Waals surface area contributed by atoms with Gasteiger partial charge in [0.2, 0.25) is 0 Å². The van der Waals surface area contributed by atoms with Crippen molar-refractivity contribution in [3.05, 3.63) is 45.7 Å². The first-order valence-corrected chi connectivity index (χ1v) is 9.28. The van der Waals surface area contributed by atoms with Gasteiger partial charge in [-0.15, -0.1) is 11.3 Å². The predicted molar refractivity (Wildman–Crippen MR) is 95.4 cm³/mol. The van der Waals surface area contributed by atoms with E-state index in [0.29, 0.717) is 17.9 Å². The number of benzene rings is 1. The van der Waals surface area contributed by atoms with E-state index in [-0.39, 0.29) is 0 Å². The van der Waals surface area contributed by atoms with Crippen LogP contribution in [0.5, 0.6) is 0 Å². The molecule has 25 heavy (non-hydrogen) atoms. The lowest BCUT2D eigenvalue weighted by molar-refractivity contribution is 0.141. The van der Waals surface area contributed by atoms with E-state index in [1.54, 1.807) is 23.5 Å². The van der Waals surface area contributed by atoms with Gasteiger partial charge in [0.15, 0.2) is 5.82 Å². The highest BCUT2D eigenvalue weighted by atomic mass is 32.1. The van der Waals surface area contributed by atoms with Crippen molar-refractivity contribution in [2.75, 3.05) is 11.9 Å². The lowest BCUT2D eigenvalue weighted by Crippen LogP contribution is -2.09. The molecule has 1 aliphatic rings. The number of aromatic nitrogens is 3. The number of nitrogens with one attached hydrogen (secondary N) is 1. The summed E-state index contributed by atoms with van der Waals surface area (Å²) in [5.74, 6) is 0.0214. The molecule has 0 radical (unpaired) electrons. The van der Waals surface area contributed by atoms with Gasteiger partial charge >= 0.3 is 0 Å². The van der Waals surface area contributed by atoms with E-state index in [2.05, 4.69) is 15.3 Å². The molecule has 0 fully saturated rings. The van der Waals surface area contributed by atoms with Crippen molar-refractivity contribution in [3.8, 4) is 0 Å². The number of halogens is 2. The van der Waals surface area contributed by atoms with Gasteiger partial charge in [-0.05, 0) is 37.8 Å². The Labute approximate surface area is 148 Å². The zero-order chi connectivity index (χ0) is 17.2. The molecule has 4 rings (SSSR count). The summed E-state index contributed by atoms with van der Waals surface area (Å²) in [4.78, 5) is 14.1. The molecular formula is C18H18F2N4S. The minimum atomic E-state index is -2.68. The van der Waals surface area contributed by atoms with Crippen LogP contribution in [0.3, 0.4) is 0 Å². The molecule has 2 aromatic heterocycles. The molecule has 3 aromatic rings. The third-order valence-electron chi connectivity index (χ3n) is 4.34. The second-order valence-corrected chi connectivity index (χ2v) is 7.28. The molecule has 0 unspecified atom stereocenters. The molecule has 0 aliphatic heterocycles. The van der Waals surface area contributed by atoms with Crippen LogP contribution >= 0.6 is 11.3 Å². The molecule has 0 amide bonds. The summed E-state index contributed by atoms with van der Waals surface area (Å²) in [6.45, 7) is 0.607. The largest absolute Gasteiger partial charge is 0.369 e. The van der Waals surface area contributed by atoms with Gasteiger partial charge in [0.1, 0.15) is 5.82 Å². The molecule has 0 saturated carbocycles. The summed E-state index contributed by atoms with van der Waals surface area (Å²) in [5, 5.41) is 5.05. The van der Waals surface area contributed by atoms with Crippen molar-refractivity contribution in [2.24, 2.45) is 0 Å². The molecule has 7 heteroatoms. The van der Waals surface area contributed by atoms with Crippen LogP contribution in [0.25, 0.3) is 10.9 Å². The van der Waals surface area contributed by atoms with E-state index in [9.17, 15) is 8.78 Å². The van der Waals surface area contributed by atoms with Crippen molar-refractivity contribution < 1.29 is 8.78 Å². The number of para-hydroxylation sites is 1. The fraction of sp³-hybridized carbons (Fsp3) is 0.389. The highest BCUT2D eigenvalue weighted by Crippen LogP contribution is 2.27. The fourth-order valence-electron chi connectivity index (χ4n) is 3.13. The highest BCUT2D eigenvalue weighted by Gasteiger charge is 2.16. The Hall–Kier alpha value is -2.15. The average Bonchev–Trinajstić information content (AvgIpc) is 3.04. The number of hydrogen-bond acceptors (Lipinski definition) is 5. The summed E-state index contributed by atoms with van der Waals surface area (Å²) < 4.78 is 26.1. The summed E-state index contributed by atoms with van der Waals surface area (Å²) in [6, 6.07) is 7.21. The smallest absolute Gasteiger partial charge is 0.297 e. The number of aryl methyl sites for hydroxylation is 2. The van der Waals surface area contributed by atoms with Gasteiger partial charge in [-0.25, -0.2) is 23.7 Å². The lowest BCUT2D eigenvalue weighted by Gasteiger charge is -2.10. The maximum absolute atomic E-state index is 13.0. The molecule has 0 bridgehead atoms. The van der Waals surface area contributed by atoms with Crippen molar-refractivity contribution in [3.63, 3.8) is 0 Å². The number of anilines is 1.